The fourth-order valence-corrected chi connectivity index (χ4v) is 4.78. The monoisotopic (exact) mass is 327 g/mol. The SMILES string of the molecule is Cc1ccc(CN2CC[C@@H]3[C@@H]2CC(=O)N3Cc2ccncc2)s1. The normalized spacial score (nSPS) is 24.4. The van der Waals surface area contributed by atoms with Crippen LogP contribution in [0.15, 0.2) is 36.7 Å². The maximum absolute atomic E-state index is 12.5. The molecule has 2 saturated heterocycles. The molecule has 5 heteroatoms. The van der Waals surface area contributed by atoms with Crippen molar-refractivity contribution < 1.29 is 4.79 Å². The average molecular weight is 327 g/mol. The van der Waals surface area contributed by atoms with Crippen LogP contribution in [0.1, 0.15) is 28.2 Å². The number of thiophene rings is 1. The van der Waals surface area contributed by atoms with Gasteiger partial charge >= 0.3 is 0 Å². The third-order valence-electron chi connectivity index (χ3n) is 4.99. The first-order valence-corrected chi connectivity index (χ1v) is 9.00. The zero-order valence-electron chi connectivity index (χ0n) is 13.3. The third-order valence-corrected chi connectivity index (χ3v) is 5.97. The van der Waals surface area contributed by atoms with Crippen LogP contribution in [-0.4, -0.2) is 39.3 Å². The number of carbonyl (C=O) groups is 1. The van der Waals surface area contributed by atoms with Gasteiger partial charge in [0.15, 0.2) is 0 Å². The molecule has 4 rings (SSSR count). The number of fused-ring (bicyclic) bond motifs is 1. The Labute approximate surface area is 140 Å². The molecule has 1 amide bonds. The molecular weight excluding hydrogens is 306 g/mol. The van der Waals surface area contributed by atoms with Gasteiger partial charge in [-0.15, -0.1) is 11.3 Å². The van der Waals surface area contributed by atoms with Crippen LogP contribution in [0.4, 0.5) is 0 Å². The van der Waals surface area contributed by atoms with Gasteiger partial charge < -0.3 is 4.90 Å². The molecule has 0 unspecified atom stereocenters. The van der Waals surface area contributed by atoms with Crippen LogP contribution in [0.3, 0.4) is 0 Å². The fraction of sp³-hybridized carbons (Fsp3) is 0.444. The van der Waals surface area contributed by atoms with Gasteiger partial charge in [0.05, 0.1) is 0 Å². The lowest BCUT2D eigenvalue weighted by atomic mass is 10.1. The predicted molar refractivity (Wildman–Crippen MR) is 91.1 cm³/mol. The van der Waals surface area contributed by atoms with Crippen molar-refractivity contribution in [2.45, 2.75) is 44.9 Å². The number of amides is 1. The number of nitrogens with zero attached hydrogens (tertiary/aromatic N) is 3. The molecule has 2 aromatic heterocycles. The van der Waals surface area contributed by atoms with E-state index in [1.165, 1.54) is 15.3 Å². The van der Waals surface area contributed by atoms with Crippen molar-refractivity contribution >= 4 is 17.2 Å². The van der Waals surface area contributed by atoms with Crippen LogP contribution < -0.4 is 0 Å². The second-order valence-electron chi connectivity index (χ2n) is 6.49. The summed E-state index contributed by atoms with van der Waals surface area (Å²) in [5.74, 6) is 0.295. The van der Waals surface area contributed by atoms with Crippen molar-refractivity contribution in [1.82, 2.24) is 14.8 Å². The minimum Gasteiger partial charge on any atom is -0.334 e. The van der Waals surface area contributed by atoms with Crippen molar-refractivity contribution in [2.24, 2.45) is 0 Å². The van der Waals surface area contributed by atoms with Gasteiger partial charge in [0.25, 0.3) is 0 Å². The molecule has 0 spiro atoms. The molecule has 0 aromatic carbocycles. The van der Waals surface area contributed by atoms with Crippen LogP contribution in [0.25, 0.3) is 0 Å². The van der Waals surface area contributed by atoms with E-state index in [0.717, 1.165) is 19.5 Å². The standard InChI is InChI=1S/C18H21N3OS/c1-13-2-3-15(23-13)12-20-9-6-16-17(20)10-18(22)21(16)11-14-4-7-19-8-5-14/h2-5,7-8,16-17H,6,9-12H2,1H3/t16-,17+/m1/s1. The molecule has 0 radical (unpaired) electrons. The number of rotatable bonds is 4. The summed E-state index contributed by atoms with van der Waals surface area (Å²) in [4.78, 5) is 23.9. The van der Waals surface area contributed by atoms with Crippen LogP contribution in [0.5, 0.6) is 0 Å². The second kappa shape index (κ2) is 6.06. The lowest BCUT2D eigenvalue weighted by Gasteiger charge is -2.25. The lowest BCUT2D eigenvalue weighted by molar-refractivity contribution is -0.129. The highest BCUT2D eigenvalue weighted by molar-refractivity contribution is 7.11. The summed E-state index contributed by atoms with van der Waals surface area (Å²) in [6.45, 7) is 4.94. The highest BCUT2D eigenvalue weighted by atomic mass is 32.1. The molecule has 2 aliphatic rings. The number of aromatic nitrogens is 1. The van der Waals surface area contributed by atoms with Gasteiger partial charge in [-0.05, 0) is 43.2 Å². The Morgan fingerprint density at radius 1 is 1.17 bits per heavy atom. The average Bonchev–Trinajstić information content (AvgIpc) is 3.21. The Kier molecular flexibility index (Phi) is 3.91. The Bertz CT molecular complexity index is 699. The number of hydrogen-bond donors (Lipinski definition) is 0. The molecule has 4 nitrogen and oxygen atoms in total. The smallest absolute Gasteiger partial charge is 0.224 e. The van der Waals surface area contributed by atoms with Crippen molar-refractivity contribution in [1.29, 1.82) is 0 Å². The van der Waals surface area contributed by atoms with Crippen LogP contribution in [0.2, 0.25) is 0 Å². The zero-order chi connectivity index (χ0) is 15.8. The largest absolute Gasteiger partial charge is 0.334 e. The molecule has 23 heavy (non-hydrogen) atoms. The first-order chi connectivity index (χ1) is 11.2. The van der Waals surface area contributed by atoms with E-state index in [1.807, 2.05) is 23.5 Å². The van der Waals surface area contributed by atoms with Crippen molar-refractivity contribution in [3.05, 3.63) is 52.0 Å². The van der Waals surface area contributed by atoms with Gasteiger partial charge in [-0.2, -0.15) is 0 Å². The Morgan fingerprint density at radius 2 is 2.00 bits per heavy atom. The molecular formula is C18H21N3OS. The summed E-state index contributed by atoms with van der Waals surface area (Å²) in [6, 6.07) is 9.16. The molecule has 2 aliphatic heterocycles. The Hall–Kier alpha value is -1.72. The summed E-state index contributed by atoms with van der Waals surface area (Å²) in [6.07, 6.45) is 5.35. The summed E-state index contributed by atoms with van der Waals surface area (Å²) in [7, 11) is 0. The fourth-order valence-electron chi connectivity index (χ4n) is 3.87. The summed E-state index contributed by atoms with van der Waals surface area (Å²) < 4.78 is 0. The summed E-state index contributed by atoms with van der Waals surface area (Å²) >= 11 is 1.87. The van der Waals surface area contributed by atoms with Gasteiger partial charge in [0.2, 0.25) is 5.91 Å². The first-order valence-electron chi connectivity index (χ1n) is 8.18. The molecule has 2 aromatic rings. The van der Waals surface area contributed by atoms with Gasteiger partial charge in [-0.3, -0.25) is 14.7 Å². The van der Waals surface area contributed by atoms with E-state index in [9.17, 15) is 4.79 Å². The summed E-state index contributed by atoms with van der Waals surface area (Å²) in [5, 5.41) is 0. The quantitative estimate of drug-likeness (QED) is 0.866. The van der Waals surface area contributed by atoms with E-state index < -0.39 is 0 Å². The Morgan fingerprint density at radius 3 is 2.74 bits per heavy atom. The number of pyridine rings is 1. The van der Waals surface area contributed by atoms with Gasteiger partial charge in [0, 0.05) is 60.3 Å². The van der Waals surface area contributed by atoms with Crippen LogP contribution in [0, 0.1) is 6.92 Å². The molecule has 0 saturated carbocycles. The molecule has 0 aliphatic carbocycles. The minimum absolute atomic E-state index is 0.295. The third kappa shape index (κ3) is 2.91. The number of carbonyl (C=O) groups excluding carboxylic acids is 1. The number of likely N-dealkylation sites (tertiary alicyclic amines) is 2. The highest BCUT2D eigenvalue weighted by Crippen LogP contribution is 2.35. The molecule has 2 fully saturated rings. The van der Waals surface area contributed by atoms with Crippen molar-refractivity contribution in [3.63, 3.8) is 0 Å². The minimum atomic E-state index is 0.295. The maximum Gasteiger partial charge on any atom is 0.224 e. The molecule has 120 valence electrons. The summed E-state index contributed by atoms with van der Waals surface area (Å²) in [5.41, 5.74) is 1.17. The first kappa shape index (κ1) is 14.8. The van der Waals surface area contributed by atoms with Crippen LogP contribution in [-0.2, 0) is 17.9 Å². The maximum atomic E-state index is 12.5. The van der Waals surface area contributed by atoms with Gasteiger partial charge in [-0.25, -0.2) is 0 Å². The lowest BCUT2D eigenvalue weighted by Crippen LogP contribution is -2.36. The molecule has 0 N–H and O–H groups in total. The number of hydrogen-bond acceptors (Lipinski definition) is 4. The van der Waals surface area contributed by atoms with Crippen molar-refractivity contribution in [3.8, 4) is 0 Å². The van der Waals surface area contributed by atoms with E-state index >= 15 is 0 Å². The molecule has 2 atom stereocenters. The molecule has 4 heterocycles. The Balaban J connectivity index is 1.46. The second-order valence-corrected chi connectivity index (χ2v) is 7.86. The van der Waals surface area contributed by atoms with Gasteiger partial charge in [0.1, 0.15) is 0 Å². The highest BCUT2D eigenvalue weighted by Gasteiger charge is 2.46. The van der Waals surface area contributed by atoms with E-state index in [0.29, 0.717) is 31.0 Å². The van der Waals surface area contributed by atoms with E-state index in [2.05, 4.69) is 33.8 Å². The number of aryl methyl sites for hydroxylation is 1. The van der Waals surface area contributed by atoms with Crippen molar-refractivity contribution in [2.75, 3.05) is 6.54 Å². The van der Waals surface area contributed by atoms with E-state index in [4.69, 9.17) is 0 Å². The van der Waals surface area contributed by atoms with E-state index in [1.54, 1.807) is 12.4 Å². The predicted octanol–water partition coefficient (Wildman–Crippen LogP) is 2.83. The van der Waals surface area contributed by atoms with Gasteiger partial charge in [-0.1, -0.05) is 0 Å². The van der Waals surface area contributed by atoms with Crippen LogP contribution >= 0.6 is 11.3 Å². The zero-order valence-corrected chi connectivity index (χ0v) is 14.1. The molecule has 0 bridgehead atoms. The van der Waals surface area contributed by atoms with E-state index in [-0.39, 0.29) is 0 Å². The topological polar surface area (TPSA) is 36.4 Å².